The SMILES string of the molecule is CN=C(NCc1ccccc1OCC(C)C)NC1CCc2nc(COC)nn2C1.I. The summed E-state index contributed by atoms with van der Waals surface area (Å²) in [5.74, 6) is 3.94. The number of nitrogens with zero attached hydrogens (tertiary/aromatic N) is 4. The second-order valence-electron chi connectivity index (χ2n) is 7.68. The topological polar surface area (TPSA) is 85.6 Å². The lowest BCUT2D eigenvalue weighted by Gasteiger charge is -2.25. The van der Waals surface area contributed by atoms with Crippen molar-refractivity contribution in [2.24, 2.45) is 10.9 Å². The number of guanidine groups is 1. The van der Waals surface area contributed by atoms with Gasteiger partial charge < -0.3 is 20.1 Å². The van der Waals surface area contributed by atoms with Gasteiger partial charge in [-0.05, 0) is 18.4 Å². The number of nitrogens with one attached hydrogen (secondary N) is 2. The third-order valence-electron chi connectivity index (χ3n) is 4.73. The smallest absolute Gasteiger partial charge is 0.191 e. The zero-order valence-electron chi connectivity index (χ0n) is 18.2. The summed E-state index contributed by atoms with van der Waals surface area (Å²) in [6, 6.07) is 8.37. The highest BCUT2D eigenvalue weighted by Crippen LogP contribution is 2.18. The maximum Gasteiger partial charge on any atom is 0.191 e. The molecule has 9 heteroatoms. The summed E-state index contributed by atoms with van der Waals surface area (Å²) >= 11 is 0. The first-order chi connectivity index (χ1) is 14.1. The Kier molecular flexibility index (Phi) is 9.83. The quantitative estimate of drug-likeness (QED) is 0.312. The first-order valence-corrected chi connectivity index (χ1v) is 10.2. The van der Waals surface area contributed by atoms with Crippen molar-refractivity contribution in [3.8, 4) is 5.75 Å². The highest BCUT2D eigenvalue weighted by atomic mass is 127. The van der Waals surface area contributed by atoms with Crippen LogP contribution in [-0.4, -0.2) is 47.5 Å². The Balaban J connectivity index is 0.00000320. The molecule has 166 valence electrons. The molecule has 0 bridgehead atoms. The lowest BCUT2D eigenvalue weighted by Crippen LogP contribution is -2.46. The van der Waals surface area contributed by atoms with E-state index in [9.17, 15) is 0 Å². The van der Waals surface area contributed by atoms with Crippen molar-refractivity contribution in [3.05, 3.63) is 41.5 Å². The van der Waals surface area contributed by atoms with Gasteiger partial charge in [0.2, 0.25) is 0 Å². The Bertz CT molecular complexity index is 824. The van der Waals surface area contributed by atoms with E-state index in [1.807, 2.05) is 22.9 Å². The van der Waals surface area contributed by atoms with Gasteiger partial charge in [-0.3, -0.25) is 4.99 Å². The van der Waals surface area contributed by atoms with Crippen LogP contribution in [0.3, 0.4) is 0 Å². The van der Waals surface area contributed by atoms with Crippen LogP contribution in [0, 0.1) is 5.92 Å². The van der Waals surface area contributed by atoms with Crippen LogP contribution < -0.4 is 15.4 Å². The molecule has 1 unspecified atom stereocenters. The normalized spacial score (nSPS) is 16.0. The first-order valence-electron chi connectivity index (χ1n) is 10.2. The molecule has 0 fully saturated rings. The van der Waals surface area contributed by atoms with Crippen LogP contribution in [-0.2, 0) is 30.9 Å². The van der Waals surface area contributed by atoms with E-state index in [-0.39, 0.29) is 30.0 Å². The monoisotopic (exact) mass is 528 g/mol. The molecule has 0 radical (unpaired) electrons. The van der Waals surface area contributed by atoms with Crippen molar-refractivity contribution in [2.45, 2.75) is 52.4 Å². The van der Waals surface area contributed by atoms with Gasteiger partial charge >= 0.3 is 0 Å². The van der Waals surface area contributed by atoms with E-state index in [4.69, 9.17) is 9.47 Å². The minimum absolute atomic E-state index is 0. The largest absolute Gasteiger partial charge is 0.493 e. The third kappa shape index (κ3) is 6.83. The molecule has 1 aliphatic heterocycles. The summed E-state index contributed by atoms with van der Waals surface area (Å²) in [5.41, 5.74) is 1.11. The number of hydrogen-bond donors (Lipinski definition) is 2. The van der Waals surface area contributed by atoms with E-state index in [1.54, 1.807) is 14.2 Å². The van der Waals surface area contributed by atoms with Gasteiger partial charge in [-0.25, -0.2) is 9.67 Å². The number of aliphatic imine (C=N–C) groups is 1. The molecule has 1 aliphatic rings. The van der Waals surface area contributed by atoms with Gasteiger partial charge in [-0.15, -0.1) is 24.0 Å². The number of rotatable bonds is 8. The maximum absolute atomic E-state index is 5.95. The van der Waals surface area contributed by atoms with Crippen LogP contribution in [0.1, 0.15) is 37.5 Å². The van der Waals surface area contributed by atoms with Gasteiger partial charge in [0.1, 0.15) is 18.2 Å². The number of hydrogen-bond acceptors (Lipinski definition) is 5. The molecule has 8 nitrogen and oxygen atoms in total. The molecule has 0 saturated carbocycles. The van der Waals surface area contributed by atoms with Crippen molar-refractivity contribution in [1.29, 1.82) is 0 Å². The minimum atomic E-state index is 0. The van der Waals surface area contributed by atoms with E-state index in [0.717, 1.165) is 48.3 Å². The average molecular weight is 528 g/mol. The number of aromatic nitrogens is 3. The number of ether oxygens (including phenoxy) is 2. The second kappa shape index (κ2) is 12.1. The Labute approximate surface area is 195 Å². The fraction of sp³-hybridized carbons (Fsp3) is 0.571. The molecule has 2 N–H and O–H groups in total. The van der Waals surface area contributed by atoms with Crippen molar-refractivity contribution in [3.63, 3.8) is 0 Å². The number of methoxy groups -OCH3 is 1. The predicted molar refractivity (Wildman–Crippen MR) is 128 cm³/mol. The van der Waals surface area contributed by atoms with E-state index < -0.39 is 0 Å². The summed E-state index contributed by atoms with van der Waals surface area (Å²) in [7, 11) is 3.45. The Morgan fingerprint density at radius 2 is 2.13 bits per heavy atom. The predicted octanol–water partition coefficient (Wildman–Crippen LogP) is 2.76. The van der Waals surface area contributed by atoms with Gasteiger partial charge in [0.05, 0.1) is 13.2 Å². The highest BCUT2D eigenvalue weighted by molar-refractivity contribution is 14.0. The molecule has 1 atom stereocenters. The van der Waals surface area contributed by atoms with Crippen LogP contribution in [0.5, 0.6) is 5.75 Å². The number of para-hydroxylation sites is 1. The van der Waals surface area contributed by atoms with Crippen molar-refractivity contribution in [2.75, 3.05) is 20.8 Å². The molecule has 0 saturated heterocycles. The lowest BCUT2D eigenvalue weighted by atomic mass is 10.1. The van der Waals surface area contributed by atoms with Gasteiger partial charge in [-0.2, -0.15) is 5.10 Å². The van der Waals surface area contributed by atoms with Crippen LogP contribution in [0.2, 0.25) is 0 Å². The lowest BCUT2D eigenvalue weighted by molar-refractivity contribution is 0.177. The second-order valence-corrected chi connectivity index (χ2v) is 7.68. The van der Waals surface area contributed by atoms with E-state index in [1.165, 1.54) is 0 Å². The standard InChI is InChI=1S/C21H32N6O2.HI/c1-15(2)13-29-18-8-6-5-7-16(18)11-23-21(22-3)24-17-9-10-20-25-19(14-28-4)26-27(20)12-17;/h5-8,15,17H,9-14H2,1-4H3,(H2,22,23,24);1H. The molecule has 2 heterocycles. The maximum atomic E-state index is 5.95. The minimum Gasteiger partial charge on any atom is -0.493 e. The molecule has 30 heavy (non-hydrogen) atoms. The van der Waals surface area contributed by atoms with Gasteiger partial charge in [-0.1, -0.05) is 32.0 Å². The molecule has 1 aromatic carbocycles. The number of fused-ring (bicyclic) bond motifs is 1. The Morgan fingerprint density at radius 3 is 2.87 bits per heavy atom. The average Bonchev–Trinajstić information content (AvgIpc) is 3.12. The molecular formula is C21H33IN6O2. The van der Waals surface area contributed by atoms with Crippen molar-refractivity contribution < 1.29 is 9.47 Å². The van der Waals surface area contributed by atoms with Gasteiger partial charge in [0, 0.05) is 38.7 Å². The zero-order valence-corrected chi connectivity index (χ0v) is 20.6. The summed E-state index contributed by atoms with van der Waals surface area (Å²) in [6.45, 7) is 6.86. The van der Waals surface area contributed by atoms with Crippen molar-refractivity contribution >= 4 is 29.9 Å². The molecular weight excluding hydrogens is 495 g/mol. The zero-order chi connectivity index (χ0) is 20.6. The molecule has 3 rings (SSSR count). The van der Waals surface area contributed by atoms with E-state index >= 15 is 0 Å². The van der Waals surface area contributed by atoms with Gasteiger partial charge in [0.25, 0.3) is 0 Å². The van der Waals surface area contributed by atoms with Crippen molar-refractivity contribution in [1.82, 2.24) is 25.4 Å². The summed E-state index contributed by atoms with van der Waals surface area (Å²) in [6.07, 6.45) is 1.87. The number of benzene rings is 1. The molecule has 0 amide bonds. The van der Waals surface area contributed by atoms with Crippen LogP contribution in [0.4, 0.5) is 0 Å². The fourth-order valence-electron chi connectivity index (χ4n) is 3.28. The molecule has 0 spiro atoms. The van der Waals surface area contributed by atoms with Crippen LogP contribution in [0.25, 0.3) is 0 Å². The summed E-state index contributed by atoms with van der Waals surface area (Å²) in [4.78, 5) is 8.91. The third-order valence-corrected chi connectivity index (χ3v) is 4.73. The van der Waals surface area contributed by atoms with E-state index in [2.05, 4.69) is 45.6 Å². The molecule has 1 aromatic heterocycles. The summed E-state index contributed by atoms with van der Waals surface area (Å²) in [5, 5.41) is 11.4. The van der Waals surface area contributed by atoms with Gasteiger partial charge in [0.15, 0.2) is 11.8 Å². The Hall–Kier alpha value is -1.88. The highest BCUT2D eigenvalue weighted by Gasteiger charge is 2.22. The first kappa shape index (κ1) is 24.4. The van der Waals surface area contributed by atoms with E-state index in [0.29, 0.717) is 25.7 Å². The molecule has 2 aromatic rings. The Morgan fingerprint density at radius 1 is 1.33 bits per heavy atom. The number of halogens is 1. The summed E-state index contributed by atoms with van der Waals surface area (Å²) < 4.78 is 13.1. The fourth-order valence-corrected chi connectivity index (χ4v) is 3.28. The molecule has 0 aliphatic carbocycles. The number of aryl methyl sites for hydroxylation is 1. The van der Waals surface area contributed by atoms with Crippen LogP contribution in [0.15, 0.2) is 29.3 Å². The van der Waals surface area contributed by atoms with Crippen LogP contribution >= 0.6 is 24.0 Å².